The molecule has 1 aromatic carbocycles. The van der Waals surface area contributed by atoms with Gasteiger partial charge in [0, 0.05) is 37.8 Å². The first-order chi connectivity index (χ1) is 16.2. The van der Waals surface area contributed by atoms with Crippen LogP contribution in [0.25, 0.3) is 0 Å². The SMILES string of the molecule is C=CCCC[C@H](C[C@@H](O)[C@H](Cc1ccccc1)NS(=O)(=O)N(C)CCc1ccccn1)C(N)=O. The Morgan fingerprint density at radius 3 is 2.56 bits per heavy atom. The molecule has 0 spiro atoms. The minimum Gasteiger partial charge on any atom is -0.391 e. The highest BCUT2D eigenvalue weighted by Crippen LogP contribution is 2.19. The lowest BCUT2D eigenvalue weighted by molar-refractivity contribution is -0.123. The third-order valence-corrected chi connectivity index (χ3v) is 7.38. The molecule has 186 valence electrons. The number of likely N-dealkylation sites (N-methyl/N-ethyl adjacent to an activating group) is 1. The number of amides is 1. The average molecular weight is 489 g/mol. The van der Waals surface area contributed by atoms with Crippen molar-refractivity contribution in [1.82, 2.24) is 14.0 Å². The monoisotopic (exact) mass is 488 g/mol. The van der Waals surface area contributed by atoms with Crippen LogP contribution in [0.2, 0.25) is 0 Å². The van der Waals surface area contributed by atoms with Gasteiger partial charge in [-0.3, -0.25) is 9.78 Å². The Morgan fingerprint density at radius 1 is 1.24 bits per heavy atom. The largest absolute Gasteiger partial charge is 0.391 e. The lowest BCUT2D eigenvalue weighted by Gasteiger charge is -2.28. The van der Waals surface area contributed by atoms with Gasteiger partial charge in [-0.15, -0.1) is 6.58 Å². The summed E-state index contributed by atoms with van der Waals surface area (Å²) in [5.74, 6) is -1.06. The summed E-state index contributed by atoms with van der Waals surface area (Å²) < 4.78 is 30.0. The summed E-state index contributed by atoms with van der Waals surface area (Å²) in [6.45, 7) is 3.91. The highest BCUT2D eigenvalue weighted by Gasteiger charge is 2.30. The van der Waals surface area contributed by atoms with E-state index in [9.17, 15) is 18.3 Å². The number of nitrogens with zero attached hydrogens (tertiary/aromatic N) is 2. The number of hydrogen-bond donors (Lipinski definition) is 3. The molecule has 1 heterocycles. The van der Waals surface area contributed by atoms with Crippen molar-refractivity contribution < 1.29 is 18.3 Å². The molecule has 0 aliphatic heterocycles. The van der Waals surface area contributed by atoms with Gasteiger partial charge in [-0.05, 0) is 49.8 Å². The molecule has 9 heteroatoms. The molecule has 1 aromatic heterocycles. The molecular weight excluding hydrogens is 452 g/mol. The molecule has 2 aromatic rings. The van der Waals surface area contributed by atoms with Crippen LogP contribution in [0.1, 0.15) is 36.9 Å². The molecule has 0 saturated carbocycles. The fraction of sp³-hybridized carbons (Fsp3) is 0.440. The quantitative estimate of drug-likeness (QED) is 0.247. The van der Waals surface area contributed by atoms with E-state index in [0.717, 1.165) is 24.1 Å². The number of nitrogens with one attached hydrogen (secondary N) is 1. The minimum absolute atomic E-state index is 0.0736. The number of aromatic nitrogens is 1. The summed E-state index contributed by atoms with van der Waals surface area (Å²) in [6.07, 6.45) is 5.10. The third-order valence-electron chi connectivity index (χ3n) is 5.77. The number of aliphatic hydroxyl groups excluding tert-OH is 1. The summed E-state index contributed by atoms with van der Waals surface area (Å²) in [6, 6.07) is 14.0. The van der Waals surface area contributed by atoms with Crippen LogP contribution < -0.4 is 10.5 Å². The molecule has 8 nitrogen and oxygen atoms in total. The van der Waals surface area contributed by atoms with Gasteiger partial charge in [0.25, 0.3) is 10.2 Å². The van der Waals surface area contributed by atoms with E-state index >= 15 is 0 Å². The maximum Gasteiger partial charge on any atom is 0.279 e. The van der Waals surface area contributed by atoms with E-state index in [4.69, 9.17) is 5.73 Å². The number of benzene rings is 1. The number of nitrogens with two attached hydrogens (primary N) is 1. The Hall–Kier alpha value is -2.59. The summed E-state index contributed by atoms with van der Waals surface area (Å²) in [5, 5.41) is 11.0. The van der Waals surface area contributed by atoms with Crippen LogP contribution >= 0.6 is 0 Å². The number of carbonyl (C=O) groups excluding carboxylic acids is 1. The molecule has 0 aliphatic rings. The Labute approximate surface area is 203 Å². The van der Waals surface area contributed by atoms with E-state index in [-0.39, 0.29) is 19.4 Å². The Kier molecular flexibility index (Phi) is 11.4. The number of pyridine rings is 1. The van der Waals surface area contributed by atoms with Gasteiger partial charge in [-0.2, -0.15) is 17.4 Å². The highest BCUT2D eigenvalue weighted by atomic mass is 32.2. The molecule has 0 aliphatic carbocycles. The maximum atomic E-state index is 13.1. The van der Waals surface area contributed by atoms with Crippen molar-refractivity contribution >= 4 is 16.1 Å². The average Bonchev–Trinajstić information content (AvgIpc) is 2.82. The van der Waals surface area contributed by atoms with Crippen molar-refractivity contribution in [2.24, 2.45) is 11.7 Å². The van der Waals surface area contributed by atoms with Crippen LogP contribution in [0.4, 0.5) is 0 Å². The zero-order chi connectivity index (χ0) is 25.0. The first-order valence-corrected chi connectivity index (χ1v) is 12.9. The van der Waals surface area contributed by atoms with Gasteiger partial charge >= 0.3 is 0 Å². The van der Waals surface area contributed by atoms with E-state index in [2.05, 4.69) is 16.3 Å². The summed E-state index contributed by atoms with van der Waals surface area (Å²) in [4.78, 5) is 16.2. The van der Waals surface area contributed by atoms with Gasteiger partial charge in [0.2, 0.25) is 5.91 Å². The summed E-state index contributed by atoms with van der Waals surface area (Å²) in [5.41, 5.74) is 7.22. The molecule has 34 heavy (non-hydrogen) atoms. The second kappa shape index (κ2) is 14.0. The van der Waals surface area contributed by atoms with Gasteiger partial charge in [0.1, 0.15) is 0 Å². The number of allylic oxidation sites excluding steroid dienone is 1. The van der Waals surface area contributed by atoms with Gasteiger partial charge in [0.05, 0.1) is 12.1 Å². The van der Waals surface area contributed by atoms with Crippen LogP contribution in [0, 0.1) is 5.92 Å². The van der Waals surface area contributed by atoms with Crippen molar-refractivity contribution in [3.05, 3.63) is 78.6 Å². The highest BCUT2D eigenvalue weighted by molar-refractivity contribution is 7.87. The Balaban J connectivity index is 2.13. The third kappa shape index (κ3) is 9.34. The lowest BCUT2D eigenvalue weighted by atomic mass is 9.90. The molecule has 1 amide bonds. The number of unbranched alkanes of at least 4 members (excludes halogenated alkanes) is 1. The number of primary amides is 1. The number of carbonyl (C=O) groups is 1. The van der Waals surface area contributed by atoms with Crippen molar-refractivity contribution in [2.75, 3.05) is 13.6 Å². The first kappa shape index (κ1) is 27.7. The standard InChI is InChI=1S/C25H36N4O4S/c1-3-4-6-13-21(25(26)31)19-24(30)23(18-20-11-7-5-8-12-20)28-34(32,33)29(2)17-15-22-14-9-10-16-27-22/h3,5,7-12,14,16,21,23-24,28,30H,1,4,6,13,15,17-19H2,2H3,(H2,26,31)/t21-,23+,24-/m1/s1. The smallest absolute Gasteiger partial charge is 0.279 e. The Morgan fingerprint density at radius 2 is 1.94 bits per heavy atom. The fourth-order valence-electron chi connectivity index (χ4n) is 3.68. The van der Waals surface area contributed by atoms with E-state index in [0.29, 0.717) is 12.8 Å². The predicted octanol–water partition coefficient (Wildman–Crippen LogP) is 2.21. The van der Waals surface area contributed by atoms with Crippen LogP contribution in [-0.4, -0.2) is 54.5 Å². The zero-order valence-corrected chi connectivity index (χ0v) is 20.5. The van der Waals surface area contributed by atoms with E-state index < -0.39 is 34.2 Å². The van der Waals surface area contributed by atoms with Crippen LogP contribution in [-0.2, 0) is 27.8 Å². The summed E-state index contributed by atoms with van der Waals surface area (Å²) in [7, 11) is -2.42. The van der Waals surface area contributed by atoms with Gasteiger partial charge in [-0.1, -0.05) is 42.5 Å². The molecule has 0 unspecified atom stereocenters. The number of rotatable bonds is 16. The van der Waals surface area contributed by atoms with E-state index in [1.807, 2.05) is 42.5 Å². The van der Waals surface area contributed by atoms with Crippen LogP contribution in [0.3, 0.4) is 0 Å². The predicted molar refractivity (Wildman–Crippen MR) is 134 cm³/mol. The minimum atomic E-state index is -3.91. The van der Waals surface area contributed by atoms with Gasteiger partial charge < -0.3 is 10.8 Å². The van der Waals surface area contributed by atoms with Crippen molar-refractivity contribution in [3.8, 4) is 0 Å². The van der Waals surface area contributed by atoms with Crippen LogP contribution in [0.15, 0.2) is 67.4 Å². The van der Waals surface area contributed by atoms with Crippen molar-refractivity contribution in [2.45, 2.75) is 50.7 Å². The molecule has 2 rings (SSSR count). The molecule has 0 fully saturated rings. The first-order valence-electron chi connectivity index (χ1n) is 11.5. The topological polar surface area (TPSA) is 126 Å². The molecule has 4 N–H and O–H groups in total. The van der Waals surface area contributed by atoms with Gasteiger partial charge in [0.15, 0.2) is 0 Å². The second-order valence-electron chi connectivity index (χ2n) is 8.43. The van der Waals surface area contributed by atoms with E-state index in [1.54, 1.807) is 18.3 Å². The Bertz CT molecular complexity index is 986. The van der Waals surface area contributed by atoms with Gasteiger partial charge in [-0.25, -0.2) is 0 Å². The number of hydrogen-bond acceptors (Lipinski definition) is 5. The second-order valence-corrected chi connectivity index (χ2v) is 10.2. The molecule has 0 bridgehead atoms. The maximum absolute atomic E-state index is 13.1. The van der Waals surface area contributed by atoms with Crippen LogP contribution in [0.5, 0.6) is 0 Å². The van der Waals surface area contributed by atoms with E-state index in [1.165, 1.54) is 11.4 Å². The zero-order valence-electron chi connectivity index (χ0n) is 19.7. The molecular formula is C25H36N4O4S. The molecule has 0 radical (unpaired) electrons. The fourth-order valence-corrected chi connectivity index (χ4v) is 4.82. The molecule has 3 atom stereocenters. The summed E-state index contributed by atoms with van der Waals surface area (Å²) >= 11 is 0. The lowest BCUT2D eigenvalue weighted by Crippen LogP contribution is -2.50. The van der Waals surface area contributed by atoms with Crippen molar-refractivity contribution in [1.29, 1.82) is 0 Å². The number of aliphatic hydroxyl groups is 1. The van der Waals surface area contributed by atoms with Crippen molar-refractivity contribution in [3.63, 3.8) is 0 Å². The normalized spacial score (nSPS) is 14.4. The molecule has 0 saturated heterocycles.